The number of hydrogen-bond donors (Lipinski definition) is 0. The van der Waals surface area contributed by atoms with Crippen LogP contribution in [-0.4, -0.2) is 10.8 Å². The molecule has 0 radical (unpaired) electrons. The number of aromatic nitrogens is 1. The first-order chi connectivity index (χ1) is 7.18. The van der Waals surface area contributed by atoms with Gasteiger partial charge in [-0.3, -0.25) is 9.78 Å². The second-order valence-corrected chi connectivity index (χ2v) is 4.07. The molecule has 0 atom stereocenters. The van der Waals surface area contributed by atoms with Gasteiger partial charge in [0.05, 0.1) is 11.1 Å². The molecule has 0 fully saturated rings. The molecule has 0 spiro atoms. The molecule has 76 valence electrons. The average Bonchev–Trinajstić information content (AvgIpc) is 2.63. The Balaban J connectivity index is 2.41. The van der Waals surface area contributed by atoms with Crippen LogP contribution in [0.3, 0.4) is 0 Å². The first-order valence-electron chi connectivity index (χ1n) is 4.38. The van der Waals surface area contributed by atoms with E-state index in [1.807, 2.05) is 18.4 Å². The lowest BCUT2D eigenvalue weighted by atomic mass is 10.1. The molecule has 0 aliphatic heterocycles. The fourth-order valence-electron chi connectivity index (χ4n) is 1.27. The van der Waals surface area contributed by atoms with Gasteiger partial charge in [0.25, 0.3) is 0 Å². The summed E-state index contributed by atoms with van der Waals surface area (Å²) in [6.45, 7) is 1.86. The Bertz CT molecular complexity index is 507. The van der Waals surface area contributed by atoms with Crippen LogP contribution in [0.15, 0.2) is 29.9 Å². The molecular weight excluding hydrogens is 213 g/mol. The van der Waals surface area contributed by atoms with Gasteiger partial charge in [-0.15, -0.1) is 11.3 Å². The van der Waals surface area contributed by atoms with Crippen LogP contribution in [0.25, 0.3) is 0 Å². The predicted octanol–water partition coefficient (Wildman–Crippen LogP) is 2.82. The van der Waals surface area contributed by atoms with Gasteiger partial charge < -0.3 is 0 Å². The SMILES string of the molecule is Cc1ccsc1C(=O)c1cncc(F)c1. The van der Waals surface area contributed by atoms with E-state index in [2.05, 4.69) is 4.98 Å². The molecule has 0 saturated heterocycles. The van der Waals surface area contributed by atoms with Gasteiger partial charge in [0.2, 0.25) is 5.78 Å². The molecule has 0 aliphatic rings. The molecule has 2 rings (SSSR count). The number of hydrogen-bond acceptors (Lipinski definition) is 3. The number of halogens is 1. The van der Waals surface area contributed by atoms with Crippen molar-refractivity contribution in [1.82, 2.24) is 4.98 Å². The minimum Gasteiger partial charge on any atom is -0.288 e. The maximum absolute atomic E-state index is 12.9. The molecule has 0 bridgehead atoms. The number of thiophene rings is 1. The molecule has 2 heterocycles. The Morgan fingerprint density at radius 2 is 2.27 bits per heavy atom. The molecule has 0 N–H and O–H groups in total. The van der Waals surface area contributed by atoms with Crippen molar-refractivity contribution in [2.45, 2.75) is 6.92 Å². The van der Waals surface area contributed by atoms with Gasteiger partial charge in [0.1, 0.15) is 5.82 Å². The van der Waals surface area contributed by atoms with E-state index in [0.717, 1.165) is 11.8 Å². The van der Waals surface area contributed by atoms with Crippen molar-refractivity contribution in [2.75, 3.05) is 0 Å². The highest BCUT2D eigenvalue weighted by molar-refractivity contribution is 7.12. The van der Waals surface area contributed by atoms with E-state index in [0.29, 0.717) is 10.4 Å². The van der Waals surface area contributed by atoms with Gasteiger partial charge in [0.15, 0.2) is 0 Å². The van der Waals surface area contributed by atoms with E-state index in [9.17, 15) is 9.18 Å². The zero-order valence-electron chi connectivity index (χ0n) is 8.03. The van der Waals surface area contributed by atoms with Crippen LogP contribution >= 0.6 is 11.3 Å². The highest BCUT2D eigenvalue weighted by atomic mass is 32.1. The minimum atomic E-state index is -0.491. The lowest BCUT2D eigenvalue weighted by molar-refractivity contribution is 0.104. The van der Waals surface area contributed by atoms with Crippen molar-refractivity contribution >= 4 is 17.1 Å². The van der Waals surface area contributed by atoms with Gasteiger partial charge in [-0.2, -0.15) is 0 Å². The van der Waals surface area contributed by atoms with E-state index in [1.165, 1.54) is 23.6 Å². The highest BCUT2D eigenvalue weighted by Crippen LogP contribution is 2.19. The summed E-state index contributed by atoms with van der Waals surface area (Å²) < 4.78 is 12.9. The number of ketones is 1. The molecular formula is C11H8FNOS. The van der Waals surface area contributed by atoms with Gasteiger partial charge in [-0.1, -0.05) is 0 Å². The van der Waals surface area contributed by atoms with Crippen molar-refractivity contribution in [3.63, 3.8) is 0 Å². The number of carbonyl (C=O) groups is 1. The summed E-state index contributed by atoms with van der Waals surface area (Å²) in [6.07, 6.45) is 2.46. The number of pyridine rings is 1. The van der Waals surface area contributed by atoms with Crippen LogP contribution in [0.2, 0.25) is 0 Å². The molecule has 0 aliphatic carbocycles. The van der Waals surface area contributed by atoms with Crippen LogP contribution in [0.5, 0.6) is 0 Å². The van der Waals surface area contributed by atoms with Crippen molar-refractivity contribution in [2.24, 2.45) is 0 Å². The van der Waals surface area contributed by atoms with Crippen LogP contribution in [0, 0.1) is 12.7 Å². The second kappa shape index (κ2) is 3.90. The van der Waals surface area contributed by atoms with Gasteiger partial charge in [-0.05, 0) is 30.0 Å². The standard InChI is InChI=1S/C11H8FNOS/c1-7-2-3-15-11(7)10(14)8-4-9(12)6-13-5-8/h2-6H,1H3. The second-order valence-electron chi connectivity index (χ2n) is 3.15. The molecule has 0 unspecified atom stereocenters. The van der Waals surface area contributed by atoms with E-state index in [-0.39, 0.29) is 5.78 Å². The van der Waals surface area contributed by atoms with Crippen molar-refractivity contribution in [3.05, 3.63) is 51.7 Å². The van der Waals surface area contributed by atoms with E-state index in [1.54, 1.807) is 0 Å². The van der Waals surface area contributed by atoms with Gasteiger partial charge >= 0.3 is 0 Å². The van der Waals surface area contributed by atoms with E-state index in [4.69, 9.17) is 0 Å². The van der Waals surface area contributed by atoms with E-state index >= 15 is 0 Å². The maximum Gasteiger partial charge on any atom is 0.204 e. The van der Waals surface area contributed by atoms with Crippen LogP contribution in [-0.2, 0) is 0 Å². The van der Waals surface area contributed by atoms with Crippen molar-refractivity contribution in [1.29, 1.82) is 0 Å². The number of rotatable bonds is 2. The lowest BCUT2D eigenvalue weighted by Crippen LogP contribution is -2.01. The molecule has 0 aromatic carbocycles. The zero-order valence-corrected chi connectivity index (χ0v) is 8.84. The summed E-state index contributed by atoms with van der Waals surface area (Å²) >= 11 is 1.36. The average molecular weight is 221 g/mol. The molecule has 2 aromatic heterocycles. The Hall–Kier alpha value is -1.55. The molecule has 4 heteroatoms. The lowest BCUT2D eigenvalue weighted by Gasteiger charge is -1.98. The Morgan fingerprint density at radius 1 is 1.47 bits per heavy atom. The summed E-state index contributed by atoms with van der Waals surface area (Å²) in [5.41, 5.74) is 1.20. The zero-order chi connectivity index (χ0) is 10.8. The smallest absolute Gasteiger partial charge is 0.204 e. The Kier molecular flexibility index (Phi) is 2.60. The van der Waals surface area contributed by atoms with Gasteiger partial charge in [0, 0.05) is 11.8 Å². The number of carbonyl (C=O) groups excluding carboxylic acids is 1. The number of aryl methyl sites for hydroxylation is 1. The summed E-state index contributed by atoms with van der Waals surface area (Å²) in [5, 5.41) is 1.84. The van der Waals surface area contributed by atoms with Gasteiger partial charge in [-0.25, -0.2) is 4.39 Å². The highest BCUT2D eigenvalue weighted by Gasteiger charge is 2.13. The molecule has 2 aromatic rings. The summed E-state index contributed by atoms with van der Waals surface area (Å²) in [7, 11) is 0. The quantitative estimate of drug-likeness (QED) is 0.730. The predicted molar refractivity (Wildman–Crippen MR) is 56.7 cm³/mol. The fraction of sp³-hybridized carbons (Fsp3) is 0.0909. The van der Waals surface area contributed by atoms with Crippen LogP contribution < -0.4 is 0 Å². The summed E-state index contributed by atoms with van der Waals surface area (Å²) in [5.74, 6) is -0.662. The Labute approximate surface area is 90.4 Å². The molecule has 2 nitrogen and oxygen atoms in total. The molecule has 15 heavy (non-hydrogen) atoms. The third-order valence-electron chi connectivity index (χ3n) is 2.04. The summed E-state index contributed by atoms with van der Waals surface area (Å²) in [4.78, 5) is 16.2. The largest absolute Gasteiger partial charge is 0.288 e. The fourth-order valence-corrected chi connectivity index (χ4v) is 2.16. The minimum absolute atomic E-state index is 0.172. The van der Waals surface area contributed by atoms with Crippen LogP contribution in [0.1, 0.15) is 20.8 Å². The van der Waals surface area contributed by atoms with E-state index < -0.39 is 5.82 Å². The molecule has 0 amide bonds. The summed E-state index contributed by atoms with van der Waals surface area (Å²) in [6, 6.07) is 3.07. The third kappa shape index (κ3) is 1.94. The van der Waals surface area contributed by atoms with Crippen molar-refractivity contribution < 1.29 is 9.18 Å². The topological polar surface area (TPSA) is 30.0 Å². The molecule has 0 saturated carbocycles. The maximum atomic E-state index is 12.9. The van der Waals surface area contributed by atoms with Crippen molar-refractivity contribution in [3.8, 4) is 0 Å². The monoisotopic (exact) mass is 221 g/mol. The first kappa shape index (κ1) is 9.98. The normalized spacial score (nSPS) is 10.3. The number of nitrogens with zero attached hydrogens (tertiary/aromatic N) is 1. The first-order valence-corrected chi connectivity index (χ1v) is 5.26. The Morgan fingerprint density at radius 3 is 2.87 bits per heavy atom. The third-order valence-corrected chi connectivity index (χ3v) is 3.05. The van der Waals surface area contributed by atoms with Crippen LogP contribution in [0.4, 0.5) is 4.39 Å².